The van der Waals surface area contributed by atoms with E-state index in [9.17, 15) is 0 Å². The number of halogens is 1. The van der Waals surface area contributed by atoms with Crippen LogP contribution in [0.1, 0.15) is 5.56 Å². The predicted octanol–water partition coefficient (Wildman–Crippen LogP) is 2.99. The molecule has 0 aliphatic rings. The van der Waals surface area contributed by atoms with Gasteiger partial charge in [0, 0.05) is 10.5 Å². The molecule has 0 fully saturated rings. The Morgan fingerprint density at radius 3 is 2.85 bits per heavy atom. The van der Waals surface area contributed by atoms with Crippen LogP contribution in [0.5, 0.6) is 5.75 Å². The van der Waals surface area contributed by atoms with Gasteiger partial charge in [-0.1, -0.05) is 22.0 Å². The fraction of sp³-hybridized carbons (Fsp3) is 0.100. The molecule has 1 aromatic rings. The lowest BCUT2D eigenvalue weighted by molar-refractivity contribution is 0.414. The van der Waals surface area contributed by atoms with Crippen molar-refractivity contribution in [2.45, 2.75) is 0 Å². The maximum Gasteiger partial charge on any atom is 0.120 e. The highest BCUT2D eigenvalue weighted by Crippen LogP contribution is 2.23. The third kappa shape index (κ3) is 2.60. The van der Waals surface area contributed by atoms with Gasteiger partial charge in [-0.05, 0) is 23.8 Å². The zero-order valence-corrected chi connectivity index (χ0v) is 8.71. The fourth-order valence-electron chi connectivity index (χ4n) is 0.897. The SMILES string of the molecule is COc1ccc(C=CC#N)c(Br)c1. The number of allylic oxidation sites excluding steroid dienone is 1. The summed E-state index contributed by atoms with van der Waals surface area (Å²) < 4.78 is 5.95. The molecule has 0 aliphatic carbocycles. The average molecular weight is 238 g/mol. The number of rotatable bonds is 2. The predicted molar refractivity (Wildman–Crippen MR) is 55.3 cm³/mol. The van der Waals surface area contributed by atoms with E-state index in [1.54, 1.807) is 13.2 Å². The normalized spacial score (nSPS) is 9.92. The summed E-state index contributed by atoms with van der Waals surface area (Å²) in [4.78, 5) is 0. The lowest BCUT2D eigenvalue weighted by Gasteiger charge is -2.02. The minimum absolute atomic E-state index is 0.793. The molecule has 3 heteroatoms. The molecule has 2 nitrogen and oxygen atoms in total. The Morgan fingerprint density at radius 1 is 1.54 bits per heavy atom. The Bertz CT molecular complexity index is 366. The van der Waals surface area contributed by atoms with Crippen LogP contribution >= 0.6 is 15.9 Å². The maximum atomic E-state index is 8.34. The van der Waals surface area contributed by atoms with Crippen LogP contribution in [-0.4, -0.2) is 7.11 Å². The van der Waals surface area contributed by atoms with Gasteiger partial charge in [0.15, 0.2) is 0 Å². The number of methoxy groups -OCH3 is 1. The Balaban J connectivity index is 3.00. The summed E-state index contributed by atoms with van der Waals surface area (Å²) in [5, 5.41) is 8.34. The van der Waals surface area contributed by atoms with Crippen LogP contribution < -0.4 is 4.74 Å². The highest BCUT2D eigenvalue weighted by Gasteiger charge is 1.97. The van der Waals surface area contributed by atoms with Crippen LogP contribution in [0.3, 0.4) is 0 Å². The first-order valence-electron chi connectivity index (χ1n) is 3.67. The Morgan fingerprint density at radius 2 is 2.31 bits per heavy atom. The molecule has 0 aliphatic heterocycles. The second-order valence-corrected chi connectivity index (χ2v) is 3.20. The maximum absolute atomic E-state index is 8.34. The van der Waals surface area contributed by atoms with Crippen molar-refractivity contribution in [2.24, 2.45) is 0 Å². The van der Waals surface area contributed by atoms with Crippen molar-refractivity contribution in [3.05, 3.63) is 34.3 Å². The van der Waals surface area contributed by atoms with E-state index in [2.05, 4.69) is 15.9 Å². The fourth-order valence-corrected chi connectivity index (χ4v) is 1.39. The Kier molecular flexibility index (Phi) is 3.53. The number of nitriles is 1. The standard InChI is InChI=1S/C10H8BrNO/c1-13-9-5-4-8(3-2-6-12)10(11)7-9/h2-5,7H,1H3. The summed E-state index contributed by atoms with van der Waals surface area (Å²) >= 11 is 3.38. The Labute approximate surface area is 85.6 Å². The second-order valence-electron chi connectivity index (χ2n) is 2.35. The second kappa shape index (κ2) is 4.68. The molecule has 0 radical (unpaired) electrons. The van der Waals surface area contributed by atoms with Crippen LogP contribution in [0.4, 0.5) is 0 Å². The summed E-state index contributed by atoms with van der Waals surface area (Å²) in [5.74, 6) is 0.793. The summed E-state index contributed by atoms with van der Waals surface area (Å²) in [6, 6.07) is 7.53. The van der Waals surface area contributed by atoms with Gasteiger partial charge in [-0.15, -0.1) is 0 Å². The number of hydrogen-bond donors (Lipinski definition) is 0. The van der Waals surface area contributed by atoms with E-state index < -0.39 is 0 Å². The van der Waals surface area contributed by atoms with E-state index in [1.807, 2.05) is 24.3 Å². The van der Waals surface area contributed by atoms with Crippen molar-refractivity contribution < 1.29 is 4.74 Å². The molecule has 0 amide bonds. The van der Waals surface area contributed by atoms with Crippen molar-refractivity contribution >= 4 is 22.0 Å². The molecule has 0 heterocycles. The van der Waals surface area contributed by atoms with Crippen LogP contribution in [0, 0.1) is 11.3 Å². The van der Waals surface area contributed by atoms with Gasteiger partial charge in [0.1, 0.15) is 5.75 Å². The molecule has 13 heavy (non-hydrogen) atoms. The van der Waals surface area contributed by atoms with Crippen LogP contribution in [0.2, 0.25) is 0 Å². The summed E-state index contributed by atoms with van der Waals surface area (Å²) in [6.45, 7) is 0. The number of benzene rings is 1. The number of nitrogens with zero attached hydrogens (tertiary/aromatic N) is 1. The smallest absolute Gasteiger partial charge is 0.120 e. The molecule has 0 atom stereocenters. The van der Waals surface area contributed by atoms with Crippen LogP contribution in [-0.2, 0) is 0 Å². The topological polar surface area (TPSA) is 33.0 Å². The highest BCUT2D eigenvalue weighted by molar-refractivity contribution is 9.10. The summed E-state index contributed by atoms with van der Waals surface area (Å²) in [5.41, 5.74) is 0.961. The first-order chi connectivity index (χ1) is 6.27. The van der Waals surface area contributed by atoms with Gasteiger partial charge >= 0.3 is 0 Å². The molecule has 0 saturated carbocycles. The van der Waals surface area contributed by atoms with E-state index >= 15 is 0 Å². The van der Waals surface area contributed by atoms with Gasteiger partial charge < -0.3 is 4.74 Å². The van der Waals surface area contributed by atoms with Gasteiger partial charge in [0.25, 0.3) is 0 Å². The molecule has 66 valence electrons. The molecule has 1 aromatic carbocycles. The van der Waals surface area contributed by atoms with E-state index in [1.165, 1.54) is 6.08 Å². The van der Waals surface area contributed by atoms with Gasteiger partial charge in [-0.25, -0.2) is 0 Å². The van der Waals surface area contributed by atoms with Crippen molar-refractivity contribution in [1.82, 2.24) is 0 Å². The quantitative estimate of drug-likeness (QED) is 0.742. The van der Waals surface area contributed by atoms with E-state index in [4.69, 9.17) is 10.00 Å². The molecule has 0 bridgehead atoms. The summed E-state index contributed by atoms with van der Waals surface area (Å²) in [7, 11) is 1.62. The number of hydrogen-bond acceptors (Lipinski definition) is 2. The van der Waals surface area contributed by atoms with Gasteiger partial charge in [0.05, 0.1) is 13.2 Å². The van der Waals surface area contributed by atoms with Crippen molar-refractivity contribution in [2.75, 3.05) is 7.11 Å². The first-order valence-corrected chi connectivity index (χ1v) is 4.47. The van der Waals surface area contributed by atoms with Gasteiger partial charge in [0.2, 0.25) is 0 Å². The molecule has 0 N–H and O–H groups in total. The lowest BCUT2D eigenvalue weighted by atomic mass is 10.2. The largest absolute Gasteiger partial charge is 0.497 e. The van der Waals surface area contributed by atoms with E-state index in [0.717, 1.165) is 15.8 Å². The highest BCUT2D eigenvalue weighted by atomic mass is 79.9. The average Bonchev–Trinajstić information content (AvgIpc) is 2.16. The van der Waals surface area contributed by atoms with Gasteiger partial charge in [-0.3, -0.25) is 0 Å². The molecule has 0 unspecified atom stereocenters. The third-order valence-electron chi connectivity index (χ3n) is 1.55. The number of ether oxygens (including phenoxy) is 1. The summed E-state index contributed by atoms with van der Waals surface area (Å²) in [6.07, 6.45) is 3.18. The molecule has 0 spiro atoms. The van der Waals surface area contributed by atoms with Crippen molar-refractivity contribution in [1.29, 1.82) is 5.26 Å². The minimum atomic E-state index is 0.793. The van der Waals surface area contributed by atoms with Gasteiger partial charge in [-0.2, -0.15) is 5.26 Å². The van der Waals surface area contributed by atoms with Crippen LogP contribution in [0.15, 0.2) is 28.7 Å². The zero-order valence-electron chi connectivity index (χ0n) is 7.12. The minimum Gasteiger partial charge on any atom is -0.497 e. The van der Waals surface area contributed by atoms with Crippen molar-refractivity contribution in [3.63, 3.8) is 0 Å². The third-order valence-corrected chi connectivity index (χ3v) is 2.23. The Hall–Kier alpha value is -1.27. The molecular weight excluding hydrogens is 230 g/mol. The monoisotopic (exact) mass is 237 g/mol. The van der Waals surface area contributed by atoms with Crippen LogP contribution in [0.25, 0.3) is 6.08 Å². The lowest BCUT2D eigenvalue weighted by Crippen LogP contribution is -1.83. The first kappa shape index (κ1) is 9.82. The molecule has 0 aromatic heterocycles. The van der Waals surface area contributed by atoms with Crippen molar-refractivity contribution in [3.8, 4) is 11.8 Å². The molecular formula is C10H8BrNO. The zero-order chi connectivity index (χ0) is 9.68. The van der Waals surface area contributed by atoms with E-state index in [0.29, 0.717) is 0 Å². The van der Waals surface area contributed by atoms with E-state index in [-0.39, 0.29) is 0 Å². The molecule has 0 saturated heterocycles. The molecule has 1 rings (SSSR count).